The second-order valence-electron chi connectivity index (χ2n) is 7.12. The third kappa shape index (κ3) is 4.41. The summed E-state index contributed by atoms with van der Waals surface area (Å²) >= 11 is 0. The summed E-state index contributed by atoms with van der Waals surface area (Å²) in [6.07, 6.45) is -0.592. The molecule has 150 valence electrons. The van der Waals surface area contributed by atoms with E-state index in [4.69, 9.17) is 4.74 Å². The molecule has 0 aromatic heterocycles. The molecule has 4 aromatic carbocycles. The first-order chi connectivity index (χ1) is 14.6. The highest BCUT2D eigenvalue weighted by atomic mass is 16.5. The van der Waals surface area contributed by atoms with Crippen LogP contribution in [0.3, 0.4) is 0 Å². The van der Waals surface area contributed by atoms with Crippen molar-refractivity contribution in [2.75, 3.05) is 0 Å². The zero-order valence-electron chi connectivity index (χ0n) is 16.6. The van der Waals surface area contributed by atoms with E-state index in [9.17, 15) is 9.59 Å². The Labute approximate surface area is 174 Å². The molecule has 0 heterocycles. The monoisotopic (exact) mass is 398 g/mol. The van der Waals surface area contributed by atoms with Crippen molar-refractivity contribution in [2.24, 2.45) is 0 Å². The lowest BCUT2D eigenvalue weighted by molar-refractivity contribution is -0.132. The van der Waals surface area contributed by atoms with Gasteiger partial charge < -0.3 is 4.74 Å². The number of benzene rings is 4. The predicted octanol–water partition coefficient (Wildman–Crippen LogP) is 4.15. The van der Waals surface area contributed by atoms with E-state index in [2.05, 4.69) is 10.9 Å². The van der Waals surface area contributed by atoms with E-state index < -0.39 is 12.0 Å². The fourth-order valence-electron chi connectivity index (χ4n) is 3.40. The topological polar surface area (TPSA) is 67.4 Å². The zero-order chi connectivity index (χ0) is 20.9. The Hall–Kier alpha value is -3.86. The van der Waals surface area contributed by atoms with E-state index in [-0.39, 0.29) is 12.3 Å². The minimum atomic E-state index is -0.760. The lowest BCUT2D eigenvalue weighted by Gasteiger charge is -2.16. The van der Waals surface area contributed by atoms with Gasteiger partial charge in [-0.1, -0.05) is 72.8 Å². The van der Waals surface area contributed by atoms with Crippen LogP contribution in [0.15, 0.2) is 84.9 Å². The maximum Gasteiger partial charge on any atom is 0.279 e. The third-order valence-electron chi connectivity index (χ3n) is 4.96. The Morgan fingerprint density at radius 2 is 1.50 bits per heavy atom. The van der Waals surface area contributed by atoms with Gasteiger partial charge in [-0.05, 0) is 46.2 Å². The van der Waals surface area contributed by atoms with E-state index in [1.54, 1.807) is 6.92 Å². The third-order valence-corrected chi connectivity index (χ3v) is 4.96. The Balaban J connectivity index is 1.33. The maximum absolute atomic E-state index is 12.3. The normalized spacial score (nSPS) is 11.8. The van der Waals surface area contributed by atoms with Crippen LogP contribution in [0.2, 0.25) is 0 Å². The van der Waals surface area contributed by atoms with Crippen molar-refractivity contribution in [1.82, 2.24) is 10.9 Å². The molecule has 0 saturated carbocycles. The molecular formula is C25H22N2O3. The van der Waals surface area contributed by atoms with Crippen molar-refractivity contribution >= 4 is 33.4 Å². The highest BCUT2D eigenvalue weighted by molar-refractivity contribution is 5.91. The molecule has 0 fully saturated rings. The molecule has 0 unspecified atom stereocenters. The number of amides is 2. The van der Waals surface area contributed by atoms with Crippen LogP contribution >= 0.6 is 0 Å². The largest absolute Gasteiger partial charge is 0.481 e. The van der Waals surface area contributed by atoms with Crippen molar-refractivity contribution in [1.29, 1.82) is 0 Å². The van der Waals surface area contributed by atoms with Gasteiger partial charge >= 0.3 is 0 Å². The lowest BCUT2D eigenvalue weighted by Crippen LogP contribution is -2.47. The number of hydrogen-bond donors (Lipinski definition) is 2. The van der Waals surface area contributed by atoms with Crippen molar-refractivity contribution in [3.8, 4) is 5.75 Å². The molecule has 4 aromatic rings. The van der Waals surface area contributed by atoms with Crippen LogP contribution in [0.25, 0.3) is 21.5 Å². The first-order valence-electron chi connectivity index (χ1n) is 9.81. The molecule has 0 aliphatic heterocycles. The molecule has 1 atom stereocenters. The summed E-state index contributed by atoms with van der Waals surface area (Å²) in [5, 5.41) is 4.23. The molecule has 4 rings (SSSR count). The molecule has 0 bridgehead atoms. The second kappa shape index (κ2) is 8.66. The summed E-state index contributed by atoms with van der Waals surface area (Å²) < 4.78 is 5.73. The summed E-state index contributed by atoms with van der Waals surface area (Å²) in [7, 11) is 0. The number of rotatable bonds is 5. The number of carbonyl (C=O) groups excluding carboxylic acids is 2. The Kier molecular flexibility index (Phi) is 5.61. The molecule has 0 saturated heterocycles. The first-order valence-corrected chi connectivity index (χ1v) is 9.81. The Morgan fingerprint density at radius 1 is 0.800 bits per heavy atom. The van der Waals surface area contributed by atoms with Crippen molar-refractivity contribution in [2.45, 2.75) is 19.4 Å². The van der Waals surface area contributed by atoms with Gasteiger partial charge in [-0.25, -0.2) is 0 Å². The van der Waals surface area contributed by atoms with Gasteiger partial charge in [0.2, 0.25) is 5.91 Å². The zero-order valence-corrected chi connectivity index (χ0v) is 16.6. The smallest absolute Gasteiger partial charge is 0.279 e. The van der Waals surface area contributed by atoms with Crippen molar-refractivity contribution < 1.29 is 14.3 Å². The van der Waals surface area contributed by atoms with Gasteiger partial charge in [0, 0.05) is 0 Å². The molecule has 30 heavy (non-hydrogen) atoms. The van der Waals surface area contributed by atoms with Crippen LogP contribution in [0, 0.1) is 0 Å². The van der Waals surface area contributed by atoms with Gasteiger partial charge in [-0.15, -0.1) is 0 Å². The van der Waals surface area contributed by atoms with Crippen LogP contribution in [0.4, 0.5) is 0 Å². The van der Waals surface area contributed by atoms with E-state index in [1.807, 2.05) is 84.9 Å². The maximum atomic E-state index is 12.3. The fraction of sp³-hybridized carbons (Fsp3) is 0.120. The van der Waals surface area contributed by atoms with Gasteiger partial charge in [0.1, 0.15) is 5.75 Å². The van der Waals surface area contributed by atoms with E-state index in [1.165, 1.54) is 0 Å². The van der Waals surface area contributed by atoms with Gasteiger partial charge in [0.25, 0.3) is 5.91 Å². The van der Waals surface area contributed by atoms with E-state index in [0.717, 1.165) is 27.1 Å². The van der Waals surface area contributed by atoms with Crippen molar-refractivity contribution in [3.05, 3.63) is 90.5 Å². The molecule has 5 nitrogen and oxygen atoms in total. The van der Waals surface area contributed by atoms with E-state index in [0.29, 0.717) is 5.75 Å². The number of hydrazine groups is 1. The number of nitrogens with one attached hydrogen (secondary N) is 2. The van der Waals surface area contributed by atoms with Gasteiger partial charge in [-0.2, -0.15) is 0 Å². The average Bonchev–Trinajstić information content (AvgIpc) is 2.77. The van der Waals surface area contributed by atoms with Crippen LogP contribution in [0.1, 0.15) is 12.5 Å². The van der Waals surface area contributed by atoms with E-state index >= 15 is 0 Å². The van der Waals surface area contributed by atoms with Gasteiger partial charge in [0.05, 0.1) is 6.42 Å². The Bertz CT molecular complexity index is 1210. The van der Waals surface area contributed by atoms with Crippen LogP contribution in [0.5, 0.6) is 5.75 Å². The molecule has 0 aliphatic rings. The number of ether oxygens (including phenoxy) is 1. The molecule has 0 aliphatic carbocycles. The van der Waals surface area contributed by atoms with Crippen LogP contribution < -0.4 is 15.6 Å². The first kappa shape index (κ1) is 19.5. The molecule has 5 heteroatoms. The van der Waals surface area contributed by atoms with Crippen LogP contribution in [-0.4, -0.2) is 17.9 Å². The van der Waals surface area contributed by atoms with Gasteiger partial charge in [0.15, 0.2) is 6.10 Å². The summed E-state index contributed by atoms with van der Waals surface area (Å²) in [5.41, 5.74) is 5.82. The quantitative estimate of drug-likeness (QED) is 0.496. The minimum Gasteiger partial charge on any atom is -0.481 e. The second-order valence-corrected chi connectivity index (χ2v) is 7.12. The summed E-state index contributed by atoms with van der Waals surface area (Å²) in [6, 6.07) is 27.3. The van der Waals surface area contributed by atoms with Crippen molar-refractivity contribution in [3.63, 3.8) is 0 Å². The minimum absolute atomic E-state index is 0.168. The summed E-state index contributed by atoms with van der Waals surface area (Å²) in [4.78, 5) is 24.7. The molecule has 2 N–H and O–H groups in total. The average molecular weight is 398 g/mol. The molecule has 0 radical (unpaired) electrons. The Morgan fingerprint density at radius 3 is 2.33 bits per heavy atom. The summed E-state index contributed by atoms with van der Waals surface area (Å²) in [6.45, 7) is 1.64. The SMILES string of the molecule is C[C@@H](Oc1ccc2ccccc2c1)C(=O)NNC(=O)Cc1cccc2ccccc12. The summed E-state index contributed by atoms with van der Waals surface area (Å²) in [5.74, 6) is -0.120. The highest BCUT2D eigenvalue weighted by Crippen LogP contribution is 2.21. The highest BCUT2D eigenvalue weighted by Gasteiger charge is 2.16. The molecular weight excluding hydrogens is 376 g/mol. The van der Waals surface area contributed by atoms with Crippen LogP contribution in [-0.2, 0) is 16.0 Å². The predicted molar refractivity (Wildman–Crippen MR) is 118 cm³/mol. The standard InChI is InChI=1S/C25H22N2O3/c1-17(30-22-14-13-18-7-2-3-9-20(18)15-22)25(29)27-26-24(28)16-21-11-6-10-19-8-4-5-12-23(19)21/h2-15,17H,16H2,1H3,(H,26,28)(H,27,29)/t17-/m1/s1. The number of fused-ring (bicyclic) bond motifs is 2. The molecule has 0 spiro atoms. The van der Waals surface area contributed by atoms with Gasteiger partial charge in [-0.3, -0.25) is 20.4 Å². The number of carbonyl (C=O) groups is 2. The lowest BCUT2D eigenvalue weighted by atomic mass is 10.0. The number of hydrogen-bond acceptors (Lipinski definition) is 3. The molecule has 2 amide bonds. The fourth-order valence-corrected chi connectivity index (χ4v) is 3.40.